The molecule has 6 heteroatoms. The van der Waals surface area contributed by atoms with Gasteiger partial charge in [-0.05, 0) is 30.5 Å². The summed E-state index contributed by atoms with van der Waals surface area (Å²) in [6, 6.07) is 7.65. The molecule has 1 amide bonds. The molecule has 0 radical (unpaired) electrons. The lowest BCUT2D eigenvalue weighted by Gasteiger charge is -2.33. The highest BCUT2D eigenvalue weighted by molar-refractivity contribution is 6.30. The van der Waals surface area contributed by atoms with E-state index in [1.807, 2.05) is 31.3 Å². The first kappa shape index (κ1) is 16.7. The zero-order valence-corrected chi connectivity index (χ0v) is 14.5. The van der Waals surface area contributed by atoms with E-state index in [0.29, 0.717) is 11.6 Å². The Morgan fingerprint density at radius 2 is 2.12 bits per heavy atom. The van der Waals surface area contributed by atoms with E-state index in [2.05, 4.69) is 14.9 Å². The third kappa shape index (κ3) is 4.03. The molecule has 5 nitrogen and oxygen atoms in total. The van der Waals surface area contributed by atoms with Crippen molar-refractivity contribution in [1.82, 2.24) is 14.9 Å². The average molecular weight is 345 g/mol. The molecule has 0 saturated carbocycles. The summed E-state index contributed by atoms with van der Waals surface area (Å²) in [4.78, 5) is 25.1. The number of benzene rings is 1. The summed E-state index contributed by atoms with van der Waals surface area (Å²) >= 11 is 6.01. The smallest absolute Gasteiger partial charge is 0.225 e. The molecule has 0 atom stereocenters. The number of hydrogen-bond donors (Lipinski definition) is 0. The minimum absolute atomic E-state index is 0.0714. The van der Waals surface area contributed by atoms with Crippen molar-refractivity contribution in [2.24, 2.45) is 5.92 Å². The molecule has 2 aromatic rings. The van der Waals surface area contributed by atoms with Gasteiger partial charge in [-0.25, -0.2) is 4.98 Å². The van der Waals surface area contributed by atoms with Crippen molar-refractivity contribution >= 4 is 23.3 Å². The number of aromatic nitrogens is 2. The Hall–Kier alpha value is -2.14. The van der Waals surface area contributed by atoms with Gasteiger partial charge in [-0.2, -0.15) is 0 Å². The Morgan fingerprint density at radius 3 is 2.79 bits per heavy atom. The third-order valence-electron chi connectivity index (χ3n) is 4.40. The maximum Gasteiger partial charge on any atom is 0.225 e. The average Bonchev–Trinajstić information content (AvgIpc) is 2.62. The van der Waals surface area contributed by atoms with Crippen LogP contribution in [0.2, 0.25) is 5.02 Å². The van der Waals surface area contributed by atoms with Crippen molar-refractivity contribution in [3.05, 3.63) is 53.4 Å². The number of piperidine rings is 1. The number of hydrogen-bond acceptors (Lipinski definition) is 4. The summed E-state index contributed by atoms with van der Waals surface area (Å²) in [5.74, 6) is 1.16. The van der Waals surface area contributed by atoms with Crippen molar-refractivity contribution in [2.75, 3.05) is 25.0 Å². The van der Waals surface area contributed by atoms with Gasteiger partial charge in [-0.1, -0.05) is 23.7 Å². The fourth-order valence-corrected chi connectivity index (χ4v) is 3.32. The highest BCUT2D eigenvalue weighted by Crippen LogP contribution is 2.23. The van der Waals surface area contributed by atoms with Crippen LogP contribution < -0.4 is 4.90 Å². The van der Waals surface area contributed by atoms with Crippen LogP contribution in [0.3, 0.4) is 0 Å². The fourth-order valence-electron chi connectivity index (χ4n) is 3.11. The highest BCUT2D eigenvalue weighted by atomic mass is 35.5. The topological polar surface area (TPSA) is 49.3 Å². The molecule has 2 heterocycles. The summed E-state index contributed by atoms with van der Waals surface area (Å²) in [7, 11) is 1.86. The molecule has 0 unspecified atom stereocenters. The minimum atomic E-state index is 0.0714. The monoisotopic (exact) mass is 344 g/mol. The van der Waals surface area contributed by atoms with Crippen LogP contribution >= 0.6 is 11.6 Å². The Balaban J connectivity index is 1.55. The molecular weight excluding hydrogens is 324 g/mol. The first-order valence-corrected chi connectivity index (χ1v) is 8.51. The van der Waals surface area contributed by atoms with E-state index in [4.69, 9.17) is 11.6 Å². The second kappa shape index (κ2) is 7.62. The van der Waals surface area contributed by atoms with Crippen molar-refractivity contribution in [1.29, 1.82) is 0 Å². The molecule has 1 aliphatic heterocycles. The Kier molecular flexibility index (Phi) is 5.30. The molecular formula is C18H21ClN4O. The summed E-state index contributed by atoms with van der Waals surface area (Å²) in [5.41, 5.74) is 1.05. The molecule has 1 aromatic carbocycles. The van der Waals surface area contributed by atoms with Gasteiger partial charge in [-0.3, -0.25) is 9.78 Å². The quantitative estimate of drug-likeness (QED) is 0.855. The van der Waals surface area contributed by atoms with Crippen LogP contribution in [0, 0.1) is 5.92 Å². The van der Waals surface area contributed by atoms with Crippen molar-refractivity contribution in [3.63, 3.8) is 0 Å². The van der Waals surface area contributed by atoms with Crippen LogP contribution in [-0.2, 0) is 11.3 Å². The number of carbonyl (C=O) groups is 1. The molecule has 0 N–H and O–H groups in total. The van der Waals surface area contributed by atoms with Crippen LogP contribution in [0.5, 0.6) is 0 Å². The molecule has 1 saturated heterocycles. The number of rotatable bonds is 4. The van der Waals surface area contributed by atoms with Gasteiger partial charge >= 0.3 is 0 Å². The van der Waals surface area contributed by atoms with Crippen LogP contribution in [0.15, 0.2) is 42.9 Å². The van der Waals surface area contributed by atoms with E-state index in [1.165, 1.54) is 0 Å². The van der Waals surface area contributed by atoms with Crippen molar-refractivity contribution < 1.29 is 4.79 Å². The van der Waals surface area contributed by atoms with Crippen LogP contribution in [-0.4, -0.2) is 40.9 Å². The van der Waals surface area contributed by atoms with Crippen LogP contribution in [0.1, 0.15) is 18.4 Å². The Morgan fingerprint density at radius 1 is 1.33 bits per heavy atom. The number of amides is 1. The van der Waals surface area contributed by atoms with Crippen molar-refractivity contribution in [2.45, 2.75) is 19.4 Å². The predicted molar refractivity (Wildman–Crippen MR) is 94.9 cm³/mol. The fraction of sp³-hybridized carbons (Fsp3) is 0.389. The van der Waals surface area contributed by atoms with Gasteiger partial charge in [0, 0.05) is 50.0 Å². The van der Waals surface area contributed by atoms with Crippen LogP contribution in [0.4, 0.5) is 5.82 Å². The summed E-state index contributed by atoms with van der Waals surface area (Å²) in [6.45, 7) is 2.25. The highest BCUT2D eigenvalue weighted by Gasteiger charge is 2.27. The number of nitrogens with zero attached hydrogens (tertiary/aromatic N) is 4. The van der Waals surface area contributed by atoms with E-state index in [9.17, 15) is 4.79 Å². The predicted octanol–water partition coefficient (Wildman–Crippen LogP) is 3.01. The molecule has 126 valence electrons. The second-order valence-corrected chi connectivity index (χ2v) is 6.59. The van der Waals surface area contributed by atoms with Gasteiger partial charge in [-0.15, -0.1) is 0 Å². The molecule has 1 aromatic heterocycles. The van der Waals surface area contributed by atoms with Gasteiger partial charge in [0.1, 0.15) is 5.82 Å². The van der Waals surface area contributed by atoms with E-state index >= 15 is 0 Å². The number of carbonyl (C=O) groups excluding carboxylic acids is 1. The van der Waals surface area contributed by atoms with Gasteiger partial charge in [0.05, 0.1) is 6.20 Å². The summed E-state index contributed by atoms with van der Waals surface area (Å²) < 4.78 is 0. The Labute approximate surface area is 147 Å². The lowest BCUT2D eigenvalue weighted by molar-refractivity contribution is -0.135. The molecule has 24 heavy (non-hydrogen) atoms. The van der Waals surface area contributed by atoms with Gasteiger partial charge in [0.2, 0.25) is 5.91 Å². The molecule has 1 aliphatic rings. The largest absolute Gasteiger partial charge is 0.355 e. The molecule has 0 aliphatic carbocycles. The van der Waals surface area contributed by atoms with Gasteiger partial charge in [0.15, 0.2) is 0 Å². The lowest BCUT2D eigenvalue weighted by Crippen LogP contribution is -2.41. The number of halogens is 1. The normalized spacial score (nSPS) is 15.3. The maximum atomic E-state index is 12.7. The molecule has 3 rings (SSSR count). The molecule has 0 spiro atoms. The second-order valence-electron chi connectivity index (χ2n) is 6.15. The zero-order valence-electron chi connectivity index (χ0n) is 13.7. The minimum Gasteiger partial charge on any atom is -0.355 e. The SMILES string of the molecule is CN(Cc1cccc(Cl)c1)C(=O)C1CCN(c2cnccn2)CC1. The maximum absolute atomic E-state index is 12.7. The van der Waals surface area contributed by atoms with Crippen molar-refractivity contribution in [3.8, 4) is 0 Å². The van der Waals surface area contributed by atoms with Crippen LogP contribution in [0.25, 0.3) is 0 Å². The van der Waals surface area contributed by atoms with E-state index in [-0.39, 0.29) is 11.8 Å². The van der Waals surface area contributed by atoms with E-state index in [1.54, 1.807) is 23.5 Å². The van der Waals surface area contributed by atoms with E-state index in [0.717, 1.165) is 37.3 Å². The molecule has 0 bridgehead atoms. The molecule has 1 fully saturated rings. The summed E-state index contributed by atoms with van der Waals surface area (Å²) in [5, 5.41) is 0.700. The zero-order chi connectivity index (χ0) is 16.9. The van der Waals surface area contributed by atoms with E-state index < -0.39 is 0 Å². The first-order chi connectivity index (χ1) is 11.6. The summed E-state index contributed by atoms with van der Waals surface area (Å²) in [6.07, 6.45) is 6.83. The number of anilines is 1. The first-order valence-electron chi connectivity index (χ1n) is 8.14. The standard InChI is InChI=1S/C18H21ClN4O/c1-22(13-14-3-2-4-16(19)11-14)18(24)15-5-9-23(10-6-15)17-12-20-7-8-21-17/h2-4,7-8,11-12,15H,5-6,9-10,13H2,1H3. The Bertz CT molecular complexity index is 686. The van der Waals surface area contributed by atoms with Gasteiger partial charge in [0.25, 0.3) is 0 Å². The van der Waals surface area contributed by atoms with Gasteiger partial charge < -0.3 is 9.80 Å². The lowest BCUT2D eigenvalue weighted by atomic mass is 9.95. The third-order valence-corrected chi connectivity index (χ3v) is 4.64.